The van der Waals surface area contributed by atoms with E-state index < -0.39 is 16.0 Å². The van der Waals surface area contributed by atoms with Crippen LogP contribution >= 0.6 is 22.9 Å². The third kappa shape index (κ3) is 4.82. The van der Waals surface area contributed by atoms with Crippen molar-refractivity contribution in [1.82, 2.24) is 14.3 Å². The Kier molecular flexibility index (Phi) is 6.87. The molecule has 3 heterocycles. The number of hydrogen-bond acceptors (Lipinski definition) is 9. The van der Waals surface area contributed by atoms with E-state index in [4.69, 9.17) is 21.1 Å². The van der Waals surface area contributed by atoms with Crippen molar-refractivity contribution in [2.24, 2.45) is 0 Å². The normalized spacial score (nSPS) is 15.2. The van der Waals surface area contributed by atoms with Crippen LogP contribution in [-0.2, 0) is 19.5 Å². The lowest BCUT2D eigenvalue weighted by Crippen LogP contribution is -2.40. The number of anilines is 2. The molecule has 4 rings (SSSR count). The largest absolute Gasteiger partial charge is 0.459 e. The monoisotopic (exact) mass is 510 g/mol. The number of esters is 1. The Morgan fingerprint density at radius 2 is 2.00 bits per heavy atom. The van der Waals surface area contributed by atoms with E-state index in [1.165, 1.54) is 40.2 Å². The van der Waals surface area contributed by atoms with Crippen LogP contribution in [0.25, 0.3) is 10.2 Å². The molecule has 1 aromatic carbocycles. The van der Waals surface area contributed by atoms with Crippen molar-refractivity contribution in [1.29, 1.82) is 0 Å². The van der Waals surface area contributed by atoms with Gasteiger partial charge in [-0.2, -0.15) is 4.31 Å². The van der Waals surface area contributed by atoms with Crippen LogP contribution in [0, 0.1) is 6.92 Å². The number of benzene rings is 1. The molecule has 1 aliphatic rings. The van der Waals surface area contributed by atoms with Crippen molar-refractivity contribution in [3.63, 3.8) is 0 Å². The van der Waals surface area contributed by atoms with Crippen LogP contribution < -0.4 is 5.32 Å². The second-order valence-corrected chi connectivity index (χ2v) is 11.0. The Morgan fingerprint density at radius 1 is 1.27 bits per heavy atom. The molecule has 3 aromatic rings. The van der Waals surface area contributed by atoms with Crippen molar-refractivity contribution < 1.29 is 22.7 Å². The first-order chi connectivity index (χ1) is 15.7. The molecule has 0 unspecified atom stereocenters. The number of aryl methyl sites for hydroxylation is 1. The van der Waals surface area contributed by atoms with Gasteiger partial charge in [0.25, 0.3) is 0 Å². The van der Waals surface area contributed by atoms with Gasteiger partial charge in [-0.05, 0) is 44.5 Å². The van der Waals surface area contributed by atoms with E-state index in [1.807, 2.05) is 0 Å². The van der Waals surface area contributed by atoms with Gasteiger partial charge in [0.2, 0.25) is 10.0 Å². The average Bonchev–Trinajstić information content (AvgIpc) is 3.13. The zero-order chi connectivity index (χ0) is 23.8. The zero-order valence-corrected chi connectivity index (χ0v) is 20.7. The van der Waals surface area contributed by atoms with Crippen molar-refractivity contribution in [2.45, 2.75) is 31.8 Å². The molecule has 12 heteroatoms. The fraction of sp³-hybridized carbons (Fsp3) is 0.381. The molecule has 0 radical (unpaired) electrons. The average molecular weight is 511 g/mol. The number of hydrogen-bond donors (Lipinski definition) is 1. The number of sulfonamides is 1. The minimum Gasteiger partial charge on any atom is -0.459 e. The van der Waals surface area contributed by atoms with Crippen LogP contribution in [0.4, 0.5) is 11.5 Å². The van der Waals surface area contributed by atoms with Crippen LogP contribution in [0.1, 0.15) is 29.1 Å². The van der Waals surface area contributed by atoms with Gasteiger partial charge in [0.1, 0.15) is 21.9 Å². The van der Waals surface area contributed by atoms with E-state index in [2.05, 4.69) is 15.3 Å². The molecular weight excluding hydrogens is 488 g/mol. The molecule has 0 aliphatic carbocycles. The molecular formula is C21H23ClN4O5S2. The Balaban J connectivity index is 1.71. The maximum atomic E-state index is 13.1. The van der Waals surface area contributed by atoms with Crippen LogP contribution in [-0.4, -0.2) is 61.1 Å². The number of ether oxygens (including phenoxy) is 2. The van der Waals surface area contributed by atoms with E-state index in [0.29, 0.717) is 63.5 Å². The van der Waals surface area contributed by atoms with E-state index in [1.54, 1.807) is 20.8 Å². The number of halogens is 1. The smallest absolute Gasteiger partial charge is 0.348 e. The number of carbonyl (C=O) groups excluding carboxylic acids is 1. The Morgan fingerprint density at radius 3 is 2.70 bits per heavy atom. The minimum absolute atomic E-state index is 0.116. The molecule has 0 atom stereocenters. The summed E-state index contributed by atoms with van der Waals surface area (Å²) in [7, 11) is -3.70. The predicted molar refractivity (Wildman–Crippen MR) is 127 cm³/mol. The van der Waals surface area contributed by atoms with Gasteiger partial charge in [-0.15, -0.1) is 11.3 Å². The topological polar surface area (TPSA) is 111 Å². The highest BCUT2D eigenvalue weighted by Crippen LogP contribution is 2.37. The van der Waals surface area contributed by atoms with Crippen molar-refractivity contribution in [3.05, 3.63) is 40.0 Å². The summed E-state index contributed by atoms with van der Waals surface area (Å²) in [5.41, 5.74) is 1.06. The van der Waals surface area contributed by atoms with Crippen molar-refractivity contribution in [2.75, 3.05) is 31.6 Å². The maximum absolute atomic E-state index is 13.1. The minimum atomic E-state index is -3.70. The third-order valence-corrected chi connectivity index (χ3v) is 8.46. The van der Waals surface area contributed by atoms with Crippen LogP contribution in [0.3, 0.4) is 0 Å². The lowest BCUT2D eigenvalue weighted by Gasteiger charge is -2.26. The Hall–Kier alpha value is -2.31. The lowest BCUT2D eigenvalue weighted by atomic mass is 10.2. The maximum Gasteiger partial charge on any atom is 0.348 e. The number of carbonyl (C=O) groups is 1. The van der Waals surface area contributed by atoms with Gasteiger partial charge in [0, 0.05) is 13.1 Å². The summed E-state index contributed by atoms with van der Waals surface area (Å²) in [5, 5.41) is 4.11. The van der Waals surface area contributed by atoms with Crippen LogP contribution in [0.15, 0.2) is 29.4 Å². The van der Waals surface area contributed by atoms with Gasteiger partial charge in [-0.1, -0.05) is 11.6 Å². The first kappa shape index (κ1) is 23.8. The molecule has 1 fully saturated rings. The molecule has 33 heavy (non-hydrogen) atoms. The molecule has 176 valence electrons. The summed E-state index contributed by atoms with van der Waals surface area (Å²) in [5.74, 6) is -0.00625. The second kappa shape index (κ2) is 9.51. The van der Waals surface area contributed by atoms with Gasteiger partial charge >= 0.3 is 5.97 Å². The third-order valence-electron chi connectivity index (χ3n) is 5.05. The number of nitrogens with one attached hydrogen (secondary N) is 1. The molecule has 0 amide bonds. The molecule has 1 saturated heterocycles. The van der Waals surface area contributed by atoms with E-state index in [0.717, 1.165) is 0 Å². The first-order valence-corrected chi connectivity index (χ1v) is 12.9. The highest BCUT2D eigenvalue weighted by atomic mass is 35.5. The summed E-state index contributed by atoms with van der Waals surface area (Å²) in [4.78, 5) is 22.3. The number of morpholine rings is 1. The summed E-state index contributed by atoms with van der Waals surface area (Å²) >= 11 is 7.60. The number of thiophene rings is 1. The Labute approximate surface area is 200 Å². The van der Waals surface area contributed by atoms with Gasteiger partial charge < -0.3 is 14.8 Å². The predicted octanol–water partition coefficient (Wildman–Crippen LogP) is 3.98. The fourth-order valence-corrected chi connectivity index (χ4v) is 6.08. The summed E-state index contributed by atoms with van der Waals surface area (Å²) < 4.78 is 38.1. The zero-order valence-electron chi connectivity index (χ0n) is 18.3. The SMILES string of the molecule is Cc1c(C(=O)OC(C)C)sc2ncnc(Nc3cc(S(=O)(=O)N4CCOCC4)ccc3Cl)c12. The standard InChI is InChI=1S/C21H23ClN4O5S2/c1-12(2)31-21(27)18-13(3)17-19(23-11-24-20(17)32-18)25-16-10-14(4-5-15(16)22)33(28,29)26-6-8-30-9-7-26/h4-5,10-12H,6-9H2,1-3H3,(H,23,24,25). The molecule has 9 nitrogen and oxygen atoms in total. The van der Waals surface area contributed by atoms with E-state index in [-0.39, 0.29) is 11.0 Å². The first-order valence-electron chi connectivity index (χ1n) is 10.3. The Bertz CT molecular complexity index is 1300. The van der Waals surface area contributed by atoms with E-state index in [9.17, 15) is 13.2 Å². The van der Waals surface area contributed by atoms with Gasteiger partial charge in [0.15, 0.2) is 0 Å². The van der Waals surface area contributed by atoms with Gasteiger partial charge in [-0.3, -0.25) is 0 Å². The molecule has 0 spiro atoms. The number of rotatable bonds is 6. The fourth-order valence-electron chi connectivity index (χ4n) is 3.45. The quantitative estimate of drug-likeness (QED) is 0.496. The molecule has 0 saturated carbocycles. The van der Waals surface area contributed by atoms with Gasteiger partial charge in [-0.25, -0.2) is 23.2 Å². The number of aromatic nitrogens is 2. The highest BCUT2D eigenvalue weighted by Gasteiger charge is 2.27. The summed E-state index contributed by atoms with van der Waals surface area (Å²) in [6.07, 6.45) is 1.13. The summed E-state index contributed by atoms with van der Waals surface area (Å²) in [6.45, 7) is 6.67. The van der Waals surface area contributed by atoms with Crippen LogP contribution in [0.2, 0.25) is 5.02 Å². The number of fused-ring (bicyclic) bond motifs is 1. The summed E-state index contributed by atoms with van der Waals surface area (Å²) in [6, 6.07) is 4.49. The number of nitrogens with zero attached hydrogens (tertiary/aromatic N) is 3. The van der Waals surface area contributed by atoms with Crippen molar-refractivity contribution >= 4 is 60.7 Å². The molecule has 1 aliphatic heterocycles. The molecule has 1 N–H and O–H groups in total. The molecule has 0 bridgehead atoms. The lowest BCUT2D eigenvalue weighted by molar-refractivity contribution is 0.0383. The van der Waals surface area contributed by atoms with E-state index >= 15 is 0 Å². The highest BCUT2D eigenvalue weighted by molar-refractivity contribution is 7.89. The van der Waals surface area contributed by atoms with Crippen molar-refractivity contribution in [3.8, 4) is 0 Å². The molecule has 2 aromatic heterocycles. The van der Waals surface area contributed by atoms with Crippen LogP contribution in [0.5, 0.6) is 0 Å². The van der Waals surface area contributed by atoms with Gasteiger partial charge in [0.05, 0.1) is 40.3 Å². The second-order valence-electron chi connectivity index (χ2n) is 7.70.